The molecule has 6 heteroatoms. The van der Waals surface area contributed by atoms with Crippen LogP contribution in [0.2, 0.25) is 19.6 Å². The molecule has 0 N–H and O–H groups in total. The number of benzene rings is 4. The molecule has 0 aliphatic rings. The summed E-state index contributed by atoms with van der Waals surface area (Å²) in [5.41, 5.74) is 7.68. The number of hydrogen-bond acceptors (Lipinski definition) is 3. The first-order chi connectivity index (χ1) is 22.2. The number of hydrogen-bond donors (Lipinski definition) is 0. The minimum atomic E-state index is -1.34. The standard InChI is InChI=1S/C23H13FNS.C18H24NSi.Ir/c24-17-10-7-15(8-11-17)16-9-12-18-19-4-3-5-20(21-6-1-2-13-25-21)23(19)26-22(18)14-16;1-14(2)11-16-12-17(15-9-7-6-8-10-15)19-13-18(16)20(3,4)5;/h1-4,6-14H;6-9,12-14H,11H2,1-5H3;/q2*-1;. The third kappa shape index (κ3) is 8.02. The second kappa shape index (κ2) is 15.0. The van der Waals surface area contributed by atoms with E-state index in [4.69, 9.17) is 0 Å². The Labute approximate surface area is 296 Å². The summed E-state index contributed by atoms with van der Waals surface area (Å²) in [5.74, 6) is 0.451. The van der Waals surface area contributed by atoms with Crippen molar-refractivity contribution in [2.24, 2.45) is 5.92 Å². The first-order valence-corrected chi connectivity index (χ1v) is 20.0. The van der Waals surface area contributed by atoms with E-state index in [0.29, 0.717) is 5.92 Å². The topological polar surface area (TPSA) is 25.8 Å². The largest absolute Gasteiger partial charge is 0.305 e. The second-order valence-electron chi connectivity index (χ2n) is 13.0. The van der Waals surface area contributed by atoms with Gasteiger partial charge in [-0.1, -0.05) is 86.9 Å². The molecule has 0 saturated heterocycles. The van der Waals surface area contributed by atoms with E-state index in [-0.39, 0.29) is 25.9 Å². The zero-order valence-corrected chi connectivity index (χ0v) is 31.5. The SMILES string of the molecule is CC(C)Cc1cc(-c2[c-]cccc2)ncc1[Si](C)(C)C.Fc1ccc(-c2ccc3c(c2)sc2c(-c4ccccn4)[c-]ccc23)cc1.[Ir]. The van der Waals surface area contributed by atoms with Crippen LogP contribution in [-0.4, -0.2) is 18.0 Å². The molecule has 3 aromatic heterocycles. The normalized spacial score (nSPS) is 11.3. The van der Waals surface area contributed by atoms with E-state index in [0.717, 1.165) is 40.1 Å². The van der Waals surface area contributed by atoms with E-state index in [1.54, 1.807) is 11.3 Å². The Morgan fingerprint density at radius 1 is 0.766 bits per heavy atom. The number of thiophene rings is 1. The van der Waals surface area contributed by atoms with Crippen molar-refractivity contribution in [1.82, 2.24) is 9.97 Å². The van der Waals surface area contributed by atoms with Crippen LogP contribution in [0.25, 0.3) is 53.8 Å². The summed E-state index contributed by atoms with van der Waals surface area (Å²) in [6.07, 6.45) is 5.05. The van der Waals surface area contributed by atoms with Crippen molar-refractivity contribution in [3.63, 3.8) is 0 Å². The zero-order chi connectivity index (χ0) is 32.3. The first-order valence-electron chi connectivity index (χ1n) is 15.7. The van der Waals surface area contributed by atoms with Gasteiger partial charge in [0.1, 0.15) is 5.82 Å². The molecule has 7 aromatic rings. The van der Waals surface area contributed by atoms with Crippen LogP contribution >= 0.6 is 11.3 Å². The van der Waals surface area contributed by atoms with Gasteiger partial charge in [0.25, 0.3) is 0 Å². The summed E-state index contributed by atoms with van der Waals surface area (Å²) >= 11 is 1.75. The van der Waals surface area contributed by atoms with E-state index in [2.05, 4.69) is 98.2 Å². The van der Waals surface area contributed by atoms with Crippen LogP contribution in [0.3, 0.4) is 0 Å². The van der Waals surface area contributed by atoms with Crippen molar-refractivity contribution < 1.29 is 24.5 Å². The van der Waals surface area contributed by atoms with E-state index >= 15 is 0 Å². The van der Waals surface area contributed by atoms with Gasteiger partial charge >= 0.3 is 0 Å². The molecule has 0 atom stereocenters. The average molecular weight is 829 g/mol. The van der Waals surface area contributed by atoms with Gasteiger partial charge in [-0.15, -0.1) is 59.7 Å². The summed E-state index contributed by atoms with van der Waals surface area (Å²) in [6, 6.07) is 40.0. The van der Waals surface area contributed by atoms with E-state index < -0.39 is 8.07 Å². The van der Waals surface area contributed by atoms with E-state index in [9.17, 15) is 4.39 Å². The van der Waals surface area contributed by atoms with Gasteiger partial charge in [-0.05, 0) is 74.4 Å². The quantitative estimate of drug-likeness (QED) is 0.123. The fourth-order valence-corrected chi connectivity index (χ4v) is 8.58. The molecule has 0 unspecified atom stereocenters. The van der Waals surface area contributed by atoms with Gasteiger partial charge in [0, 0.05) is 37.2 Å². The van der Waals surface area contributed by atoms with Crippen LogP contribution in [0.1, 0.15) is 19.4 Å². The Morgan fingerprint density at radius 2 is 1.53 bits per heavy atom. The van der Waals surface area contributed by atoms with Crippen LogP contribution in [0.15, 0.2) is 116 Å². The Balaban J connectivity index is 0.000000188. The number of halogens is 1. The second-order valence-corrected chi connectivity index (χ2v) is 19.1. The zero-order valence-electron chi connectivity index (χ0n) is 27.3. The number of nitrogens with zero attached hydrogens (tertiary/aromatic N) is 2. The summed E-state index contributed by atoms with van der Waals surface area (Å²) in [5, 5.41) is 3.93. The van der Waals surface area contributed by atoms with Crippen molar-refractivity contribution in [3.8, 4) is 33.6 Å². The third-order valence-corrected chi connectivity index (χ3v) is 11.2. The van der Waals surface area contributed by atoms with Gasteiger partial charge < -0.3 is 9.97 Å². The van der Waals surface area contributed by atoms with Gasteiger partial charge in [-0.3, -0.25) is 0 Å². The number of aromatic nitrogens is 2. The Bertz CT molecular complexity index is 2090. The summed E-state index contributed by atoms with van der Waals surface area (Å²) < 4.78 is 15.6. The molecule has 0 fully saturated rings. The molecule has 1 radical (unpaired) electrons. The van der Waals surface area contributed by atoms with Crippen molar-refractivity contribution in [3.05, 3.63) is 139 Å². The van der Waals surface area contributed by atoms with Gasteiger partial charge in [-0.25, -0.2) is 4.39 Å². The summed E-state index contributed by atoms with van der Waals surface area (Å²) in [7, 11) is -1.34. The Kier molecular flexibility index (Phi) is 11.0. The summed E-state index contributed by atoms with van der Waals surface area (Å²) in [4.78, 5) is 9.17. The molecule has 4 aromatic carbocycles. The van der Waals surface area contributed by atoms with Gasteiger partial charge in [0.05, 0.1) is 8.07 Å². The van der Waals surface area contributed by atoms with Gasteiger partial charge in [0.2, 0.25) is 0 Å². The molecule has 2 nitrogen and oxygen atoms in total. The predicted molar refractivity (Wildman–Crippen MR) is 197 cm³/mol. The van der Waals surface area contributed by atoms with Crippen molar-refractivity contribution in [2.45, 2.75) is 39.9 Å². The molecule has 0 saturated carbocycles. The fraction of sp³-hybridized carbons (Fsp3) is 0.171. The molecule has 0 aliphatic heterocycles. The maximum Gasteiger partial charge on any atom is 0.123 e. The molecule has 0 amide bonds. The fourth-order valence-electron chi connectivity index (χ4n) is 5.75. The monoisotopic (exact) mass is 829 g/mol. The van der Waals surface area contributed by atoms with Gasteiger partial charge in [-0.2, -0.15) is 11.3 Å². The number of pyridine rings is 2. The minimum absolute atomic E-state index is 0. The van der Waals surface area contributed by atoms with E-state index in [1.165, 1.54) is 43.1 Å². The van der Waals surface area contributed by atoms with Crippen molar-refractivity contribution in [1.29, 1.82) is 0 Å². The Hall–Kier alpha value is -3.80. The number of fused-ring (bicyclic) bond motifs is 3. The molecule has 7 rings (SSSR count). The molecule has 3 heterocycles. The Morgan fingerprint density at radius 3 is 2.21 bits per heavy atom. The third-order valence-electron chi connectivity index (χ3n) is 7.94. The summed E-state index contributed by atoms with van der Waals surface area (Å²) in [6.45, 7) is 11.7. The minimum Gasteiger partial charge on any atom is -0.305 e. The van der Waals surface area contributed by atoms with Crippen LogP contribution in [0.5, 0.6) is 0 Å². The van der Waals surface area contributed by atoms with Crippen molar-refractivity contribution in [2.75, 3.05) is 0 Å². The molecule has 0 aliphatic carbocycles. The number of rotatable bonds is 6. The maximum atomic E-state index is 13.2. The molecule has 47 heavy (non-hydrogen) atoms. The van der Waals surface area contributed by atoms with Crippen LogP contribution in [-0.2, 0) is 26.5 Å². The van der Waals surface area contributed by atoms with E-state index in [1.807, 2.05) is 60.8 Å². The molecule has 239 valence electrons. The molecule has 0 spiro atoms. The average Bonchev–Trinajstić information content (AvgIpc) is 3.43. The molecular formula is C41H37FIrN2SSi-2. The van der Waals surface area contributed by atoms with Gasteiger partial charge in [0.15, 0.2) is 0 Å². The van der Waals surface area contributed by atoms with Crippen LogP contribution < -0.4 is 5.19 Å². The molecular weight excluding hydrogens is 792 g/mol. The van der Waals surface area contributed by atoms with Crippen molar-refractivity contribution >= 4 is 44.8 Å². The molecule has 0 bridgehead atoms. The smallest absolute Gasteiger partial charge is 0.123 e. The predicted octanol–water partition coefficient (Wildman–Crippen LogP) is 11.0. The first kappa shape index (κ1) is 34.5. The van der Waals surface area contributed by atoms with Crippen LogP contribution in [0.4, 0.5) is 4.39 Å². The van der Waals surface area contributed by atoms with Crippen LogP contribution in [0, 0.1) is 23.9 Å². The maximum absolute atomic E-state index is 13.2.